The first kappa shape index (κ1) is 27.9. The van der Waals surface area contributed by atoms with E-state index in [1.54, 1.807) is 0 Å². The molecule has 0 fully saturated rings. The molecule has 6 nitrogen and oxygen atoms in total. The largest absolute Gasteiger partial charge is 0.456 e. The molecule has 0 aliphatic rings. The molecule has 0 spiro atoms. The van der Waals surface area contributed by atoms with E-state index in [4.69, 9.17) is 19.4 Å². The summed E-state index contributed by atoms with van der Waals surface area (Å²) in [6.45, 7) is 0. The van der Waals surface area contributed by atoms with Crippen LogP contribution in [0.1, 0.15) is 0 Å². The molecule has 11 aromatic rings. The van der Waals surface area contributed by atoms with Crippen LogP contribution in [0.25, 0.3) is 100.0 Å². The lowest BCUT2D eigenvalue weighted by atomic mass is 10.1. The summed E-state index contributed by atoms with van der Waals surface area (Å²) in [6.07, 6.45) is 0. The van der Waals surface area contributed by atoms with Crippen LogP contribution in [-0.2, 0) is 0 Å². The highest BCUT2D eigenvalue weighted by molar-refractivity contribution is 6.13. The molecule has 0 saturated carbocycles. The van der Waals surface area contributed by atoms with Gasteiger partial charge >= 0.3 is 0 Å². The van der Waals surface area contributed by atoms with E-state index in [-0.39, 0.29) is 0 Å². The fraction of sp³-hybridized carbons (Fsp3) is 0. The van der Waals surface area contributed by atoms with Crippen molar-refractivity contribution in [3.05, 3.63) is 164 Å². The van der Waals surface area contributed by atoms with Gasteiger partial charge in [0.15, 0.2) is 11.6 Å². The third-order valence-corrected chi connectivity index (χ3v) is 9.99. The molecule has 0 unspecified atom stereocenters. The van der Waals surface area contributed by atoms with E-state index < -0.39 is 0 Å². The average molecular weight is 654 g/mol. The monoisotopic (exact) mass is 653 g/mol. The van der Waals surface area contributed by atoms with Gasteiger partial charge in [0.1, 0.15) is 11.2 Å². The van der Waals surface area contributed by atoms with E-state index in [0.717, 1.165) is 71.6 Å². The lowest BCUT2D eigenvalue weighted by molar-refractivity contribution is 0.669. The molecule has 0 aliphatic heterocycles. The van der Waals surface area contributed by atoms with Gasteiger partial charge in [-0.1, -0.05) is 121 Å². The SMILES string of the molecule is c1ccc(-c2nc(-c3cccc4oc5ccccc5c34)nc(-n3c4ccccc4c4ccc(-n5c6ccccc6c6ccccc65)cc43)n2)cc1. The zero-order valence-electron chi connectivity index (χ0n) is 27.2. The van der Waals surface area contributed by atoms with Crippen molar-refractivity contribution in [2.45, 2.75) is 0 Å². The molecular formula is C45H27N5O. The fourth-order valence-electron chi connectivity index (χ4n) is 7.78. The third-order valence-electron chi connectivity index (χ3n) is 9.99. The van der Waals surface area contributed by atoms with E-state index in [9.17, 15) is 0 Å². The van der Waals surface area contributed by atoms with Crippen LogP contribution in [0.5, 0.6) is 0 Å². The van der Waals surface area contributed by atoms with Crippen molar-refractivity contribution in [3.8, 4) is 34.4 Å². The Balaban J connectivity index is 1.23. The Morgan fingerprint density at radius 1 is 0.392 bits per heavy atom. The second-order valence-electron chi connectivity index (χ2n) is 12.8. The van der Waals surface area contributed by atoms with Crippen LogP contribution >= 0.6 is 0 Å². The second-order valence-corrected chi connectivity index (χ2v) is 12.8. The minimum Gasteiger partial charge on any atom is -0.456 e. The predicted molar refractivity (Wildman–Crippen MR) is 207 cm³/mol. The van der Waals surface area contributed by atoms with Crippen molar-refractivity contribution in [1.82, 2.24) is 24.1 Å². The maximum Gasteiger partial charge on any atom is 0.238 e. The van der Waals surface area contributed by atoms with Crippen LogP contribution in [0.15, 0.2) is 168 Å². The molecule has 4 heterocycles. The first-order valence-corrected chi connectivity index (χ1v) is 17.0. The van der Waals surface area contributed by atoms with Gasteiger partial charge in [0.2, 0.25) is 5.95 Å². The normalized spacial score (nSPS) is 11.9. The number of nitrogens with zero attached hydrogens (tertiary/aromatic N) is 5. The highest BCUT2D eigenvalue weighted by atomic mass is 16.3. The Labute approximate surface area is 291 Å². The van der Waals surface area contributed by atoms with Gasteiger partial charge in [-0.25, -0.2) is 4.98 Å². The molecule has 0 atom stereocenters. The first-order valence-electron chi connectivity index (χ1n) is 17.0. The van der Waals surface area contributed by atoms with Crippen molar-refractivity contribution in [3.63, 3.8) is 0 Å². The van der Waals surface area contributed by atoms with Gasteiger partial charge in [-0.2, -0.15) is 9.97 Å². The number of furan rings is 1. The van der Waals surface area contributed by atoms with Gasteiger partial charge in [0, 0.05) is 49.1 Å². The number of rotatable bonds is 4. The average Bonchev–Trinajstić information content (AvgIpc) is 3.85. The maximum atomic E-state index is 6.28. The molecule has 11 rings (SSSR count). The van der Waals surface area contributed by atoms with Gasteiger partial charge in [0.05, 0.1) is 22.1 Å². The minimum absolute atomic E-state index is 0.550. The van der Waals surface area contributed by atoms with Gasteiger partial charge in [-0.05, 0) is 42.5 Å². The highest BCUT2D eigenvalue weighted by Gasteiger charge is 2.21. The van der Waals surface area contributed by atoms with E-state index in [2.05, 4.69) is 112 Å². The summed E-state index contributed by atoms with van der Waals surface area (Å²) < 4.78 is 10.8. The predicted octanol–water partition coefficient (Wildman–Crippen LogP) is 11.3. The van der Waals surface area contributed by atoms with Crippen LogP contribution in [0.4, 0.5) is 0 Å². The number of hydrogen-bond donors (Lipinski definition) is 0. The van der Waals surface area contributed by atoms with Crippen molar-refractivity contribution < 1.29 is 4.42 Å². The van der Waals surface area contributed by atoms with E-state index in [0.29, 0.717) is 17.6 Å². The Morgan fingerprint density at radius 3 is 1.69 bits per heavy atom. The number of hydrogen-bond acceptors (Lipinski definition) is 4. The summed E-state index contributed by atoms with van der Waals surface area (Å²) >= 11 is 0. The third kappa shape index (κ3) is 4.14. The Kier molecular flexibility index (Phi) is 5.86. The molecule has 0 bridgehead atoms. The van der Waals surface area contributed by atoms with Crippen LogP contribution in [-0.4, -0.2) is 24.1 Å². The number of aromatic nitrogens is 5. The molecular weight excluding hydrogens is 627 g/mol. The van der Waals surface area contributed by atoms with E-state index in [1.165, 1.54) is 10.8 Å². The summed E-state index contributed by atoms with van der Waals surface area (Å²) in [5.41, 5.74) is 8.86. The van der Waals surface area contributed by atoms with Crippen LogP contribution in [0, 0.1) is 0 Å². The summed E-state index contributed by atoms with van der Waals surface area (Å²) in [7, 11) is 0. The van der Waals surface area contributed by atoms with Crippen molar-refractivity contribution in [1.29, 1.82) is 0 Å². The molecule has 0 N–H and O–H groups in total. The van der Waals surface area contributed by atoms with Gasteiger partial charge in [0.25, 0.3) is 0 Å². The van der Waals surface area contributed by atoms with Gasteiger partial charge in [-0.3, -0.25) is 4.57 Å². The molecule has 0 saturated heterocycles. The van der Waals surface area contributed by atoms with E-state index in [1.807, 2.05) is 60.7 Å². The highest BCUT2D eigenvalue weighted by Crippen LogP contribution is 2.39. The molecule has 6 heteroatoms. The van der Waals surface area contributed by atoms with E-state index >= 15 is 0 Å². The zero-order valence-corrected chi connectivity index (χ0v) is 27.2. The number of fused-ring (bicyclic) bond motifs is 9. The quantitative estimate of drug-likeness (QED) is 0.190. The van der Waals surface area contributed by atoms with Gasteiger partial charge < -0.3 is 8.98 Å². The van der Waals surface area contributed by atoms with Crippen LogP contribution in [0.3, 0.4) is 0 Å². The van der Waals surface area contributed by atoms with Crippen molar-refractivity contribution >= 4 is 65.6 Å². The molecule has 238 valence electrons. The Morgan fingerprint density at radius 2 is 0.961 bits per heavy atom. The standard InChI is InChI=1S/C45H27N5O/c1-2-13-28(14-3-1)43-46-44(35-19-12-24-41-42(35)34-18-7-11-23-40(34)51-41)48-45(47-43)50-38-22-10-6-17-32(38)33-26-25-29(27-39(33)50)49-36-20-8-4-15-30(36)31-16-5-9-21-37(31)49/h1-27H. The maximum absolute atomic E-state index is 6.28. The Bertz CT molecular complexity index is 3100. The second kappa shape index (κ2) is 10.7. The fourth-order valence-corrected chi connectivity index (χ4v) is 7.78. The molecule has 7 aromatic carbocycles. The van der Waals surface area contributed by atoms with Crippen LogP contribution < -0.4 is 0 Å². The zero-order chi connectivity index (χ0) is 33.5. The van der Waals surface area contributed by atoms with Gasteiger partial charge in [-0.15, -0.1) is 0 Å². The molecule has 51 heavy (non-hydrogen) atoms. The molecule has 4 aromatic heterocycles. The molecule has 0 radical (unpaired) electrons. The Hall–Kier alpha value is -7.05. The summed E-state index contributed by atoms with van der Waals surface area (Å²) in [5.74, 6) is 1.74. The molecule has 0 amide bonds. The minimum atomic E-state index is 0.550. The summed E-state index contributed by atoms with van der Waals surface area (Å²) in [6, 6.07) is 56.7. The smallest absolute Gasteiger partial charge is 0.238 e. The lowest BCUT2D eigenvalue weighted by Gasteiger charge is -2.12. The number of benzene rings is 7. The number of para-hydroxylation sites is 4. The van der Waals surface area contributed by atoms with Crippen molar-refractivity contribution in [2.24, 2.45) is 0 Å². The van der Waals surface area contributed by atoms with Crippen LogP contribution in [0.2, 0.25) is 0 Å². The topological polar surface area (TPSA) is 61.7 Å². The lowest BCUT2D eigenvalue weighted by Crippen LogP contribution is -2.06. The first-order chi connectivity index (χ1) is 25.3. The van der Waals surface area contributed by atoms with Crippen molar-refractivity contribution in [2.75, 3.05) is 0 Å². The summed E-state index contributed by atoms with van der Waals surface area (Å²) in [5, 5.41) is 6.72. The molecule has 0 aliphatic carbocycles. The summed E-state index contributed by atoms with van der Waals surface area (Å²) in [4.78, 5) is 15.6.